The molecule has 0 radical (unpaired) electrons. The topological polar surface area (TPSA) is 305 Å². The van der Waals surface area contributed by atoms with E-state index in [1.54, 1.807) is 30.3 Å². The third kappa shape index (κ3) is 33.3. The summed E-state index contributed by atoms with van der Waals surface area (Å²) in [4.78, 5) is 96.7. The predicted octanol–water partition coefficient (Wildman–Crippen LogP) is 27.6. The van der Waals surface area contributed by atoms with Crippen molar-refractivity contribution >= 4 is 149 Å². The Hall–Kier alpha value is -13.0. The second-order valence-corrected chi connectivity index (χ2v) is 34.3. The molecule has 0 aliphatic rings. The number of nitrogens with two attached hydrogens (primary N) is 3. The van der Waals surface area contributed by atoms with Gasteiger partial charge in [-0.25, -0.2) is 24.9 Å². The average molecular weight is 1940 g/mol. The second-order valence-electron chi connectivity index (χ2n) is 30.7. The van der Waals surface area contributed by atoms with Gasteiger partial charge in [0.2, 0.25) is 0 Å². The molecule has 0 fully saturated rings. The number of Topliss-reactive ketones (excluding diaryl/α,β-unsaturated/α-hetero) is 4. The van der Waals surface area contributed by atoms with Crippen molar-refractivity contribution in [2.75, 3.05) is 24.3 Å². The first-order valence-corrected chi connectivity index (χ1v) is 48.1. The van der Waals surface area contributed by atoms with Gasteiger partial charge in [0.1, 0.15) is 22.8 Å². The molecule has 0 aliphatic carbocycles. The number of hydrogen-bond donors (Lipinski definition) is 4. The molecule has 133 heavy (non-hydrogen) atoms. The first-order valence-electron chi connectivity index (χ1n) is 42.0. The molecule has 14 aromatic rings. The minimum atomic E-state index is -0.127. The number of ketones is 4. The van der Waals surface area contributed by atoms with Crippen molar-refractivity contribution in [3.05, 3.63) is 380 Å². The molecule has 0 unspecified atom stereocenters. The summed E-state index contributed by atoms with van der Waals surface area (Å²) < 4.78 is 0. The third-order valence-corrected chi connectivity index (χ3v) is 20.5. The fraction of sp³-hybridized carbons (Fsp3) is 0.176. The first kappa shape index (κ1) is 107. The molecule has 14 rings (SSSR count). The fourth-order valence-corrected chi connectivity index (χ4v) is 13.0. The summed E-state index contributed by atoms with van der Waals surface area (Å²) in [5.41, 5.74) is 51.6. The monoisotopic (exact) mass is 1930 g/mol. The van der Waals surface area contributed by atoms with E-state index in [1.807, 2.05) is 233 Å². The number of benzene rings is 9. The number of para-hydroxylation sites is 3. The van der Waals surface area contributed by atoms with E-state index in [2.05, 4.69) is 128 Å². The molecule has 5 aromatic heterocycles. The number of halogens is 4. The zero-order valence-electron chi connectivity index (χ0n) is 78.0. The molecule has 0 atom stereocenters. The number of anilines is 3. The Balaban J connectivity index is 0.000000256. The van der Waals surface area contributed by atoms with Crippen molar-refractivity contribution in [1.29, 1.82) is 0 Å². The molecule has 0 bridgehead atoms. The Morgan fingerprint density at radius 1 is 0.233 bits per heavy atom. The van der Waals surface area contributed by atoms with Crippen LogP contribution < -0.4 is 17.2 Å². The van der Waals surface area contributed by atoms with Crippen molar-refractivity contribution in [2.45, 2.75) is 125 Å². The van der Waals surface area contributed by atoms with Crippen LogP contribution in [0.2, 0.25) is 0 Å². The van der Waals surface area contributed by atoms with Gasteiger partial charge in [0.05, 0.1) is 103 Å². The third-order valence-electron chi connectivity index (χ3n) is 20.5. The van der Waals surface area contributed by atoms with Crippen LogP contribution in [-0.2, 0) is 26.3 Å². The summed E-state index contributed by atoms with van der Waals surface area (Å²) in [6, 6.07) is 90.6. The Morgan fingerprint density at radius 2 is 0.414 bits per heavy atom. The predicted molar refractivity (Wildman–Crippen MR) is 550 cm³/mol. The van der Waals surface area contributed by atoms with E-state index in [4.69, 9.17) is 103 Å². The number of aromatic nitrogens is 5. The molecule has 0 saturated carbocycles. The Kier molecular flexibility index (Phi) is 43.5. The summed E-state index contributed by atoms with van der Waals surface area (Å²) in [6.07, 6.45) is 0. The Bertz CT molecular complexity index is 6250. The number of aryl methyl sites for hydroxylation is 8. The van der Waals surface area contributed by atoms with Crippen LogP contribution in [-0.4, -0.2) is 94.5 Å². The normalized spacial score (nSPS) is 11.3. The maximum absolute atomic E-state index is 11.7. The number of carbonyl (C=O) groups excluding carboxylic acids is 4. The van der Waals surface area contributed by atoms with Gasteiger partial charge in [-0.2, -0.15) is 0 Å². The molecule has 0 spiro atoms. The summed E-state index contributed by atoms with van der Waals surface area (Å²) >= 11 is 0.389. The van der Waals surface area contributed by atoms with Crippen LogP contribution >= 0.6 is 40.4 Å². The van der Waals surface area contributed by atoms with Crippen LogP contribution in [0, 0.1) is 55.4 Å². The van der Waals surface area contributed by atoms with Crippen LogP contribution in [0.3, 0.4) is 0 Å². The van der Waals surface area contributed by atoms with Gasteiger partial charge >= 0.3 is 66.7 Å². The molecule has 686 valence electrons. The SMILES string of the molecule is CC(=Nc1ccccc1C)c1cccc(C(C)=Nc2ccc(-c3ccc(N=C(C)c4cccc(C(C)=Nc5ccccc5C)n4)c(C)c3)cc2C)n1.CC(=O)c1cccc(C(C)=Nc2ccc(-c3ccc(N=C(C)c4cccc(C(C)=O)n4)c(C)c3)cc2C)n1.CC(=O)c1cccc(C(C)=O)n1.CO.Cc1cc(-c2ccc(N)c(C)c2)ccc1N.Nc1ccccc1.[Cl][Fe][Cl].[Cl][Fe][Cl]. The van der Waals surface area contributed by atoms with Gasteiger partial charge in [0.25, 0.3) is 0 Å². The number of nitrogens with zero attached hydrogens (tertiary/aromatic N) is 11. The van der Waals surface area contributed by atoms with Crippen LogP contribution in [0.1, 0.15) is 190 Å². The zero-order valence-corrected chi connectivity index (χ0v) is 83.2. The summed E-state index contributed by atoms with van der Waals surface area (Å²) in [5.74, 6) is -0.390. The minimum absolute atomic E-state index is 0.0683. The second kappa shape index (κ2) is 54.1. The molecule has 5 heterocycles. The van der Waals surface area contributed by atoms with E-state index in [1.165, 1.54) is 38.8 Å². The summed E-state index contributed by atoms with van der Waals surface area (Å²) in [7, 11) is 20.1. The molecular weight excluding hydrogens is 1830 g/mol. The van der Waals surface area contributed by atoms with E-state index in [0.717, 1.165) is 182 Å². The van der Waals surface area contributed by atoms with Crippen LogP contribution in [0.4, 0.5) is 51.2 Å². The molecule has 25 heteroatoms. The standard InChI is InChI=1S/C46H44N6.C32H30N4O2.C14H16N2.C9H9NO2.C6H7N.CH4O.4ClH.2Fe/c1-29-15-9-11-17-39(29)47-33(5)43-19-13-21-45(51-43)35(7)49-41-25-23-37(27-31(41)3)38-24-26-42(32(4)28-38)50-36(8)46-22-14-20-44(52-46)34(6)48-40-18-12-10-16-30(40)2;1-19-17-25(13-15-27(19)33-21(3)29-9-7-11-31(35-29)23(5)37)26-14-16-28(20(2)18-26)34-22(4)30-10-8-12-32(36-30)24(6)38;1-9-7-11(3-5-13(9)15)12-4-6-14(16)10(2)8-12;1-6(11)8-4-3-5-9(10-8)7(2)12;7-6-4-2-1-3-5-6;1-2;;;;;;/h9-28H,1-8H3;7-18H,1-6H3;3-8H,15-16H2,1-2H3;3-5H,1-2H3;1-5H,7H2;2H,1H3;4*1H;;/q;;;;;;;;;;2*+2/p-4. The van der Waals surface area contributed by atoms with Gasteiger partial charge < -0.3 is 22.3 Å². The average Bonchev–Trinajstić information content (AvgIpc) is 0.811. The quantitative estimate of drug-likeness (QED) is 0.0254. The molecule has 19 nitrogen and oxygen atoms in total. The van der Waals surface area contributed by atoms with Gasteiger partial charge in [-0.05, 0) is 333 Å². The molecular formula is C108H110Cl4Fe2N14O5. The van der Waals surface area contributed by atoms with E-state index in [-0.39, 0.29) is 49.4 Å². The number of aliphatic hydroxyl groups is 1. The van der Waals surface area contributed by atoms with Gasteiger partial charge in [-0.15, -0.1) is 0 Å². The van der Waals surface area contributed by atoms with Crippen molar-refractivity contribution in [3.8, 4) is 33.4 Å². The van der Waals surface area contributed by atoms with E-state index in [0.29, 0.717) is 34.2 Å². The summed E-state index contributed by atoms with van der Waals surface area (Å²) in [5, 5.41) is 7.00. The van der Waals surface area contributed by atoms with Crippen LogP contribution in [0.25, 0.3) is 33.4 Å². The van der Waals surface area contributed by atoms with Crippen molar-refractivity contribution in [3.63, 3.8) is 0 Å². The number of aliphatic hydroxyl groups excluding tert-OH is 1. The summed E-state index contributed by atoms with van der Waals surface area (Å²) in [6.45, 7) is 34.1. The van der Waals surface area contributed by atoms with Gasteiger partial charge in [0, 0.05) is 51.9 Å². The van der Waals surface area contributed by atoms with Gasteiger partial charge in [-0.3, -0.25) is 49.1 Å². The van der Waals surface area contributed by atoms with Gasteiger partial charge in [-0.1, -0.05) is 121 Å². The number of rotatable bonds is 19. The van der Waals surface area contributed by atoms with Gasteiger partial charge in [0.15, 0.2) is 23.1 Å². The Labute approximate surface area is 810 Å². The molecule has 0 aliphatic heterocycles. The van der Waals surface area contributed by atoms with Crippen molar-refractivity contribution < 1.29 is 50.6 Å². The fourth-order valence-electron chi connectivity index (χ4n) is 13.0. The molecule has 9 aromatic carbocycles. The van der Waals surface area contributed by atoms with E-state index >= 15 is 0 Å². The number of aliphatic imine (C=N–C) groups is 6. The van der Waals surface area contributed by atoms with E-state index in [9.17, 15) is 19.2 Å². The van der Waals surface area contributed by atoms with Crippen LogP contribution in [0.5, 0.6) is 0 Å². The molecule has 7 N–H and O–H groups in total. The maximum atomic E-state index is 11.7. The van der Waals surface area contributed by atoms with E-state index < -0.39 is 0 Å². The molecule has 0 saturated heterocycles. The number of pyridine rings is 5. The number of hydrogen-bond acceptors (Lipinski definition) is 19. The zero-order chi connectivity index (χ0) is 97.5. The van der Waals surface area contributed by atoms with Crippen molar-refractivity contribution in [2.24, 2.45) is 30.0 Å². The molecule has 0 amide bonds. The number of carbonyl (C=O) groups is 4. The first-order chi connectivity index (χ1) is 63.6. The number of nitrogen functional groups attached to an aromatic ring is 3. The Morgan fingerprint density at radius 3 is 0.609 bits per heavy atom. The van der Waals surface area contributed by atoms with Crippen molar-refractivity contribution in [1.82, 2.24) is 24.9 Å². The van der Waals surface area contributed by atoms with Crippen LogP contribution in [0.15, 0.2) is 309 Å².